The van der Waals surface area contributed by atoms with Gasteiger partial charge in [0.25, 0.3) is 0 Å². The summed E-state index contributed by atoms with van der Waals surface area (Å²) >= 11 is 1.37. The van der Waals surface area contributed by atoms with Gasteiger partial charge in [-0.2, -0.15) is 11.8 Å². The Hall–Kier alpha value is -7.59. The highest BCUT2D eigenvalue weighted by Crippen LogP contribution is 2.22. The van der Waals surface area contributed by atoms with Crippen molar-refractivity contribution < 1.29 is 43.5 Å². The predicted molar refractivity (Wildman–Crippen MR) is 276 cm³/mol. The maximum Gasteiger partial charge on any atom is 0.326 e. The minimum atomic E-state index is -1.53. The summed E-state index contributed by atoms with van der Waals surface area (Å²) < 4.78 is 1.22. The number of amides is 7. The molecule has 0 radical (unpaired) electrons. The van der Waals surface area contributed by atoms with Gasteiger partial charge < -0.3 is 74.8 Å². The van der Waals surface area contributed by atoms with Crippen LogP contribution in [0.25, 0.3) is 10.9 Å². The molecule has 75 heavy (non-hydrogen) atoms. The highest BCUT2D eigenvalue weighted by Gasteiger charge is 2.41. The molecule has 17 N–H and O–H groups in total. The standard InChI is InChI=1S/C47H68N18O9S/c1-75-17-13-33(46(73)74)57-42(69)35-20-28-23-64(63-62-28)24-37(61-39(66)30(49)9-4-5-14-48)43(70)60-36(19-27-22-52-25-55-27)45(72)65-16-7-12-38(65)44(71)56-32(11-6-15-53-47(50)51)40(67)58-34(41(68)59-35)18-26-21-54-31-10-3-2-8-29(26)31/h2-3,8,10,21-23,25,30,32-38,54H,4-7,9,11-20,24,48-49H2,1H3,(H,52,55)(H,56,71)(H,57,69)(H,58,67)(H,59,68)(H,60,70)(H,61,66)(H,73,74)(H4,50,51,53)/t30-,32-,33-,34-,35-,36-,37-,38-/m0/s1. The minimum Gasteiger partial charge on any atom is -0.480 e. The number of carbonyl (C=O) groups excluding carboxylic acids is 7. The summed E-state index contributed by atoms with van der Waals surface area (Å²) in [4.78, 5) is 129. The number of aliphatic carboxylic acids is 1. The van der Waals surface area contributed by atoms with Crippen molar-refractivity contribution in [1.82, 2.24) is 66.7 Å². The van der Waals surface area contributed by atoms with Crippen LogP contribution in [0.5, 0.6) is 0 Å². The number of thioether (sulfide) groups is 1. The van der Waals surface area contributed by atoms with E-state index in [0.717, 1.165) is 10.9 Å². The van der Waals surface area contributed by atoms with Crippen molar-refractivity contribution in [1.29, 1.82) is 0 Å². The number of imidazole rings is 1. The van der Waals surface area contributed by atoms with E-state index in [1.165, 1.54) is 40.1 Å². The average molecular weight is 1060 g/mol. The van der Waals surface area contributed by atoms with Crippen LogP contribution in [0.1, 0.15) is 68.3 Å². The second-order valence-electron chi connectivity index (χ2n) is 18.5. The number of nitrogens with zero attached hydrogens (tertiary/aromatic N) is 6. The van der Waals surface area contributed by atoms with Crippen LogP contribution in [0, 0.1) is 0 Å². The Labute approximate surface area is 436 Å². The van der Waals surface area contributed by atoms with Crippen LogP contribution in [0.3, 0.4) is 0 Å². The SMILES string of the molecule is CSCC[C@H](NC(=O)[C@@H]1Cc2cn(nn2)C[C@H](NC(=O)[C@@H](N)CCCCN)C(=O)N[C@@H](Cc2cnc[nH]2)C(=O)N2CCC[C@H]2C(=O)N[C@@H](CCCN=C(N)N)C(=O)N[C@@H](Cc2c[nH]c3ccccc23)C(=O)N1)C(=O)O. The number of rotatable bonds is 20. The van der Waals surface area contributed by atoms with E-state index in [9.17, 15) is 43.5 Å². The summed E-state index contributed by atoms with van der Waals surface area (Å²) in [6, 6.07) is -3.27. The molecule has 1 aromatic carbocycles. The van der Waals surface area contributed by atoms with Crippen molar-refractivity contribution >= 4 is 75.9 Å². The number of unbranched alkanes of at least 4 members (excludes halogenated alkanes) is 1. The fraction of sp³-hybridized carbons (Fsp3) is 0.532. The molecule has 2 aliphatic heterocycles. The van der Waals surface area contributed by atoms with Gasteiger partial charge >= 0.3 is 5.97 Å². The van der Waals surface area contributed by atoms with E-state index in [1.54, 1.807) is 18.5 Å². The molecular formula is C47H68N18O9S. The smallest absolute Gasteiger partial charge is 0.326 e. The first-order chi connectivity index (χ1) is 36.0. The zero-order valence-corrected chi connectivity index (χ0v) is 42.5. The topological polar surface area (TPSA) is 424 Å². The molecule has 4 aromatic rings. The summed E-state index contributed by atoms with van der Waals surface area (Å²) in [5.74, 6) is -6.51. The monoisotopic (exact) mass is 1060 g/mol. The quantitative estimate of drug-likeness (QED) is 0.0235. The third-order valence-electron chi connectivity index (χ3n) is 12.9. The van der Waals surface area contributed by atoms with Crippen LogP contribution in [0.2, 0.25) is 0 Å². The number of nitrogens with two attached hydrogens (primary N) is 4. The van der Waals surface area contributed by atoms with Gasteiger partial charge in [0, 0.05) is 67.5 Å². The first-order valence-corrected chi connectivity index (χ1v) is 26.2. The Morgan fingerprint density at radius 3 is 2.43 bits per heavy atom. The van der Waals surface area contributed by atoms with E-state index < -0.39 is 95.7 Å². The molecule has 2 aliphatic rings. The first-order valence-electron chi connectivity index (χ1n) is 24.8. The molecule has 28 heteroatoms. The van der Waals surface area contributed by atoms with Crippen molar-refractivity contribution in [3.05, 3.63) is 66.1 Å². The zero-order chi connectivity index (χ0) is 54.0. The number of carboxylic acid groups (broad SMARTS) is 1. The van der Waals surface area contributed by atoms with Gasteiger partial charge in [0.05, 0.1) is 24.6 Å². The van der Waals surface area contributed by atoms with E-state index in [2.05, 4.69) is 62.2 Å². The molecule has 2 bridgehead atoms. The van der Waals surface area contributed by atoms with Gasteiger partial charge in [-0.15, -0.1) is 5.10 Å². The van der Waals surface area contributed by atoms with Crippen molar-refractivity contribution in [3.8, 4) is 0 Å². The Bertz CT molecular complexity index is 2640. The molecule has 27 nitrogen and oxygen atoms in total. The highest BCUT2D eigenvalue weighted by atomic mass is 32.2. The molecule has 1 saturated heterocycles. The first kappa shape index (κ1) is 56.7. The lowest BCUT2D eigenvalue weighted by molar-refractivity contribution is -0.143. The summed E-state index contributed by atoms with van der Waals surface area (Å²) in [5.41, 5.74) is 25.0. The fourth-order valence-electron chi connectivity index (χ4n) is 8.91. The molecule has 0 aliphatic carbocycles. The molecule has 3 aromatic heterocycles. The lowest BCUT2D eigenvalue weighted by Crippen LogP contribution is -2.60. The number of fused-ring (bicyclic) bond motifs is 4. The Balaban J connectivity index is 1.43. The van der Waals surface area contributed by atoms with Crippen LogP contribution in [-0.2, 0) is 64.2 Å². The average Bonchev–Trinajstić information content (AvgIpc) is 4.24. The second-order valence-corrected chi connectivity index (χ2v) is 19.5. The van der Waals surface area contributed by atoms with Gasteiger partial charge in [0.1, 0.15) is 42.3 Å². The predicted octanol–water partition coefficient (Wildman–Crippen LogP) is -3.23. The number of aromatic amines is 2. The molecule has 6 rings (SSSR count). The molecular weight excluding hydrogens is 993 g/mol. The van der Waals surface area contributed by atoms with Crippen LogP contribution >= 0.6 is 11.8 Å². The lowest BCUT2D eigenvalue weighted by atomic mass is 10.0. The van der Waals surface area contributed by atoms with E-state index in [1.807, 2.05) is 18.2 Å². The molecule has 8 atom stereocenters. The molecule has 1 fully saturated rings. The Kier molecular flexibility index (Phi) is 20.9. The van der Waals surface area contributed by atoms with E-state index >= 15 is 0 Å². The van der Waals surface area contributed by atoms with Crippen LogP contribution in [-0.4, -0.2) is 173 Å². The van der Waals surface area contributed by atoms with Gasteiger partial charge in [0.2, 0.25) is 41.4 Å². The van der Waals surface area contributed by atoms with E-state index in [4.69, 9.17) is 22.9 Å². The van der Waals surface area contributed by atoms with E-state index in [-0.39, 0.29) is 82.7 Å². The van der Waals surface area contributed by atoms with Gasteiger partial charge in [0.15, 0.2) is 5.96 Å². The fourth-order valence-corrected chi connectivity index (χ4v) is 9.38. The lowest BCUT2D eigenvalue weighted by Gasteiger charge is -2.31. The summed E-state index contributed by atoms with van der Waals surface area (Å²) in [5, 5.41) is 35.6. The summed E-state index contributed by atoms with van der Waals surface area (Å²) in [6.07, 6.45) is 9.25. The third-order valence-corrected chi connectivity index (χ3v) is 13.6. The van der Waals surface area contributed by atoms with Crippen LogP contribution < -0.4 is 54.8 Å². The maximum absolute atomic E-state index is 14.8. The van der Waals surface area contributed by atoms with Gasteiger partial charge in [-0.1, -0.05) is 29.8 Å². The molecule has 0 spiro atoms. The number of aliphatic imine (C=N–C) groups is 1. The van der Waals surface area contributed by atoms with Crippen LogP contribution in [0.15, 0.2) is 54.2 Å². The molecule has 5 heterocycles. The van der Waals surface area contributed by atoms with Crippen molar-refractivity contribution in [2.75, 3.05) is 31.6 Å². The van der Waals surface area contributed by atoms with Crippen molar-refractivity contribution in [2.45, 2.75) is 126 Å². The number of carboxylic acids is 1. The number of carbonyl (C=O) groups is 8. The molecule has 0 unspecified atom stereocenters. The number of hydrogen-bond acceptors (Lipinski definition) is 15. The Morgan fingerprint density at radius 1 is 0.933 bits per heavy atom. The van der Waals surface area contributed by atoms with Gasteiger partial charge in [-0.25, -0.2) is 14.5 Å². The van der Waals surface area contributed by atoms with E-state index in [0.29, 0.717) is 42.8 Å². The number of guanidine groups is 1. The van der Waals surface area contributed by atoms with Crippen LogP contribution in [0.4, 0.5) is 0 Å². The number of benzene rings is 1. The number of aromatic nitrogens is 6. The number of H-pyrrole nitrogens is 2. The van der Waals surface area contributed by atoms with Gasteiger partial charge in [-0.05, 0) is 75.1 Å². The minimum absolute atomic E-state index is 0.0357. The van der Waals surface area contributed by atoms with Gasteiger partial charge in [-0.3, -0.25) is 38.6 Å². The number of hydrogen-bond donors (Lipinski definition) is 13. The highest BCUT2D eigenvalue weighted by molar-refractivity contribution is 7.98. The molecule has 0 saturated carbocycles. The molecule has 406 valence electrons. The van der Waals surface area contributed by atoms with Crippen molar-refractivity contribution in [2.24, 2.45) is 27.9 Å². The Morgan fingerprint density at radius 2 is 1.69 bits per heavy atom. The maximum atomic E-state index is 14.8. The zero-order valence-electron chi connectivity index (χ0n) is 41.7. The number of nitrogens with one attached hydrogen (secondary N) is 8. The second kappa shape index (κ2) is 27.6. The third kappa shape index (κ3) is 16.2. The van der Waals surface area contributed by atoms with Crippen molar-refractivity contribution in [3.63, 3.8) is 0 Å². The largest absolute Gasteiger partial charge is 0.480 e. The summed E-state index contributed by atoms with van der Waals surface area (Å²) in [6.45, 7) is 0.189. The normalized spacial score (nSPS) is 21.9. The number of para-hydroxylation sites is 1. The summed E-state index contributed by atoms with van der Waals surface area (Å²) in [7, 11) is 0. The molecule has 7 amide bonds.